The highest BCUT2D eigenvalue weighted by atomic mass is 16.2. The van der Waals surface area contributed by atoms with Crippen molar-refractivity contribution in [2.24, 2.45) is 5.92 Å². The van der Waals surface area contributed by atoms with Crippen molar-refractivity contribution in [3.05, 3.63) is 35.4 Å². The Kier molecular flexibility index (Phi) is 7.73. The fraction of sp³-hybridized carbons (Fsp3) is 0.556. The van der Waals surface area contributed by atoms with Crippen molar-refractivity contribution < 1.29 is 9.59 Å². The normalized spacial score (nSPS) is 10.7. The van der Waals surface area contributed by atoms with Gasteiger partial charge in [-0.15, -0.1) is 0 Å². The Morgan fingerprint density at radius 2 is 1.76 bits per heavy atom. The fourth-order valence-corrected chi connectivity index (χ4v) is 2.11. The average Bonchev–Trinajstić information content (AvgIpc) is 2.45. The van der Waals surface area contributed by atoms with Crippen LogP contribution in [0.2, 0.25) is 0 Å². The molecule has 1 aromatic carbocycles. The predicted molar refractivity (Wildman–Crippen MR) is 86.5 cm³/mol. The summed E-state index contributed by atoms with van der Waals surface area (Å²) in [4.78, 5) is 23.7. The van der Waals surface area contributed by atoms with Crippen molar-refractivity contribution in [3.63, 3.8) is 0 Å². The third-order valence-corrected chi connectivity index (χ3v) is 3.44. The molecule has 0 saturated carbocycles. The molecule has 0 aliphatic carbocycles. The molecule has 1 rings (SSSR count). The van der Waals surface area contributed by atoms with E-state index in [0.717, 1.165) is 19.3 Å². The lowest BCUT2D eigenvalue weighted by Gasteiger charge is -2.07. The molecule has 0 aliphatic rings. The molecule has 0 heterocycles. The first-order valence-electron chi connectivity index (χ1n) is 7.91. The standard InChI is InChI=1S/C18H27NO2/c1-4-5-15-6-8-16(9-7-15)17(20)10-11-18(21)19-13-12-14(2)3/h6-9,14H,4-5,10-13H2,1-3H3,(H,19,21). The monoisotopic (exact) mass is 289 g/mol. The van der Waals surface area contributed by atoms with Gasteiger partial charge in [0.25, 0.3) is 0 Å². The number of carbonyl (C=O) groups is 2. The first kappa shape index (κ1) is 17.4. The summed E-state index contributed by atoms with van der Waals surface area (Å²) in [5, 5.41) is 2.86. The Bertz CT molecular complexity index is 449. The summed E-state index contributed by atoms with van der Waals surface area (Å²) in [6.45, 7) is 7.07. The number of hydrogen-bond donors (Lipinski definition) is 1. The van der Waals surface area contributed by atoms with Gasteiger partial charge in [0.2, 0.25) is 5.91 Å². The van der Waals surface area contributed by atoms with E-state index in [0.29, 0.717) is 18.0 Å². The number of carbonyl (C=O) groups excluding carboxylic acids is 2. The first-order valence-corrected chi connectivity index (χ1v) is 7.91. The molecule has 0 aromatic heterocycles. The zero-order chi connectivity index (χ0) is 15.7. The van der Waals surface area contributed by atoms with E-state index >= 15 is 0 Å². The molecule has 116 valence electrons. The predicted octanol–water partition coefficient (Wildman–Crippen LogP) is 3.76. The highest BCUT2D eigenvalue weighted by Crippen LogP contribution is 2.10. The number of benzene rings is 1. The summed E-state index contributed by atoms with van der Waals surface area (Å²) in [6, 6.07) is 7.73. The molecule has 0 bridgehead atoms. The van der Waals surface area contributed by atoms with Crippen molar-refractivity contribution in [2.45, 2.75) is 52.9 Å². The molecule has 3 nitrogen and oxygen atoms in total. The number of hydrogen-bond acceptors (Lipinski definition) is 2. The quantitative estimate of drug-likeness (QED) is 0.703. The number of amides is 1. The first-order chi connectivity index (χ1) is 10.0. The Morgan fingerprint density at radius 3 is 2.33 bits per heavy atom. The van der Waals surface area contributed by atoms with Gasteiger partial charge in [-0.2, -0.15) is 0 Å². The lowest BCUT2D eigenvalue weighted by Crippen LogP contribution is -2.25. The molecule has 0 fully saturated rings. The Hall–Kier alpha value is -1.64. The highest BCUT2D eigenvalue weighted by Gasteiger charge is 2.09. The van der Waals surface area contributed by atoms with Crippen LogP contribution in [0, 0.1) is 5.92 Å². The van der Waals surface area contributed by atoms with Gasteiger partial charge in [-0.05, 0) is 24.3 Å². The minimum absolute atomic E-state index is 0.0356. The maximum Gasteiger partial charge on any atom is 0.220 e. The molecule has 0 spiro atoms. The van der Waals surface area contributed by atoms with Gasteiger partial charge in [0.05, 0.1) is 0 Å². The SMILES string of the molecule is CCCc1ccc(C(=O)CCC(=O)NCCC(C)C)cc1. The molecule has 1 aromatic rings. The van der Waals surface area contributed by atoms with E-state index < -0.39 is 0 Å². The lowest BCUT2D eigenvalue weighted by atomic mass is 10.0. The van der Waals surface area contributed by atoms with Gasteiger partial charge in [-0.25, -0.2) is 0 Å². The summed E-state index contributed by atoms with van der Waals surface area (Å²) >= 11 is 0. The van der Waals surface area contributed by atoms with E-state index in [-0.39, 0.29) is 24.5 Å². The van der Waals surface area contributed by atoms with E-state index in [9.17, 15) is 9.59 Å². The molecule has 0 radical (unpaired) electrons. The summed E-state index contributed by atoms with van der Waals surface area (Å²) in [5.74, 6) is 0.581. The number of nitrogens with one attached hydrogen (secondary N) is 1. The van der Waals surface area contributed by atoms with Gasteiger partial charge in [0.1, 0.15) is 0 Å². The summed E-state index contributed by atoms with van der Waals surface area (Å²) in [7, 11) is 0. The fourth-order valence-electron chi connectivity index (χ4n) is 2.11. The molecule has 3 heteroatoms. The van der Waals surface area contributed by atoms with Gasteiger partial charge in [0.15, 0.2) is 5.78 Å². The van der Waals surface area contributed by atoms with Gasteiger partial charge < -0.3 is 5.32 Å². The molecule has 0 unspecified atom stereocenters. The van der Waals surface area contributed by atoms with Crippen LogP contribution < -0.4 is 5.32 Å². The Balaban J connectivity index is 2.34. The zero-order valence-corrected chi connectivity index (χ0v) is 13.4. The Labute approximate surface area is 128 Å². The van der Waals surface area contributed by atoms with Crippen molar-refractivity contribution in [1.82, 2.24) is 5.32 Å². The van der Waals surface area contributed by atoms with Crippen LogP contribution in [0.3, 0.4) is 0 Å². The second-order valence-corrected chi connectivity index (χ2v) is 5.90. The maximum absolute atomic E-state index is 12.0. The molecular formula is C18H27NO2. The molecule has 1 amide bonds. The number of rotatable bonds is 9. The summed E-state index contributed by atoms with van der Waals surface area (Å²) in [5.41, 5.74) is 1.95. The summed E-state index contributed by atoms with van der Waals surface area (Å²) < 4.78 is 0. The van der Waals surface area contributed by atoms with Crippen LogP contribution in [0.15, 0.2) is 24.3 Å². The van der Waals surface area contributed by atoms with Crippen LogP contribution in [-0.4, -0.2) is 18.2 Å². The van der Waals surface area contributed by atoms with E-state index in [1.54, 1.807) is 0 Å². The molecule has 0 aliphatic heterocycles. The van der Waals surface area contributed by atoms with Crippen LogP contribution >= 0.6 is 0 Å². The smallest absolute Gasteiger partial charge is 0.220 e. The van der Waals surface area contributed by atoms with Crippen molar-refractivity contribution in [3.8, 4) is 0 Å². The van der Waals surface area contributed by atoms with Crippen LogP contribution in [0.25, 0.3) is 0 Å². The molecule has 0 atom stereocenters. The number of aryl methyl sites for hydroxylation is 1. The van der Waals surface area contributed by atoms with E-state index in [1.165, 1.54) is 5.56 Å². The molecule has 1 N–H and O–H groups in total. The van der Waals surface area contributed by atoms with E-state index in [1.807, 2.05) is 24.3 Å². The maximum atomic E-state index is 12.0. The van der Waals surface area contributed by atoms with Crippen LogP contribution in [0.1, 0.15) is 62.4 Å². The number of ketones is 1. The Morgan fingerprint density at radius 1 is 1.10 bits per heavy atom. The van der Waals surface area contributed by atoms with Gasteiger partial charge >= 0.3 is 0 Å². The number of Topliss-reactive ketones (excluding diaryl/α,β-unsaturated/α-hetero) is 1. The van der Waals surface area contributed by atoms with Crippen molar-refractivity contribution in [2.75, 3.05) is 6.54 Å². The molecule has 0 saturated heterocycles. The van der Waals surface area contributed by atoms with Crippen molar-refractivity contribution >= 4 is 11.7 Å². The lowest BCUT2D eigenvalue weighted by molar-refractivity contribution is -0.121. The van der Waals surface area contributed by atoms with Gasteiger partial charge in [-0.3, -0.25) is 9.59 Å². The minimum Gasteiger partial charge on any atom is -0.356 e. The molecule has 21 heavy (non-hydrogen) atoms. The second-order valence-electron chi connectivity index (χ2n) is 5.90. The minimum atomic E-state index is -0.0356. The summed E-state index contributed by atoms with van der Waals surface area (Å²) in [6.07, 6.45) is 3.66. The van der Waals surface area contributed by atoms with Gasteiger partial charge in [-0.1, -0.05) is 51.5 Å². The van der Waals surface area contributed by atoms with E-state index in [2.05, 4.69) is 26.1 Å². The van der Waals surface area contributed by atoms with E-state index in [4.69, 9.17) is 0 Å². The topological polar surface area (TPSA) is 46.2 Å². The zero-order valence-electron chi connectivity index (χ0n) is 13.4. The van der Waals surface area contributed by atoms with Crippen LogP contribution in [0.4, 0.5) is 0 Å². The van der Waals surface area contributed by atoms with Crippen LogP contribution in [0.5, 0.6) is 0 Å². The van der Waals surface area contributed by atoms with Crippen molar-refractivity contribution in [1.29, 1.82) is 0 Å². The second kappa shape index (κ2) is 9.32. The van der Waals surface area contributed by atoms with Crippen LogP contribution in [-0.2, 0) is 11.2 Å². The molecular weight excluding hydrogens is 262 g/mol. The largest absolute Gasteiger partial charge is 0.356 e. The third-order valence-electron chi connectivity index (χ3n) is 3.44. The average molecular weight is 289 g/mol. The highest BCUT2D eigenvalue weighted by molar-refractivity contribution is 5.97. The third kappa shape index (κ3) is 7.07. The van der Waals surface area contributed by atoms with Gasteiger partial charge in [0, 0.05) is 24.9 Å².